The third-order valence-electron chi connectivity index (χ3n) is 6.79. The summed E-state index contributed by atoms with van der Waals surface area (Å²) in [6, 6.07) is 14.3. The van der Waals surface area contributed by atoms with Gasteiger partial charge in [0.1, 0.15) is 5.65 Å². The molecule has 0 unspecified atom stereocenters. The number of rotatable bonds is 5. The van der Waals surface area contributed by atoms with Crippen molar-refractivity contribution in [3.63, 3.8) is 0 Å². The highest BCUT2D eigenvalue weighted by Gasteiger charge is 2.32. The van der Waals surface area contributed by atoms with E-state index in [9.17, 15) is 10.1 Å². The van der Waals surface area contributed by atoms with Gasteiger partial charge in [-0.05, 0) is 46.5 Å². The predicted octanol–water partition coefficient (Wildman–Crippen LogP) is 4.86. The van der Waals surface area contributed by atoms with Gasteiger partial charge in [-0.1, -0.05) is 18.7 Å². The van der Waals surface area contributed by atoms with Gasteiger partial charge in [0, 0.05) is 66.1 Å². The zero-order valence-corrected chi connectivity index (χ0v) is 20.0. The Morgan fingerprint density at radius 2 is 2.08 bits per heavy atom. The molecule has 0 spiro atoms. The van der Waals surface area contributed by atoms with Gasteiger partial charge in [0.15, 0.2) is 0 Å². The summed E-state index contributed by atoms with van der Waals surface area (Å²) in [6.45, 7) is 4.40. The zero-order chi connectivity index (χ0) is 25.0. The van der Waals surface area contributed by atoms with E-state index in [2.05, 4.69) is 51.2 Å². The van der Waals surface area contributed by atoms with Crippen molar-refractivity contribution in [2.45, 2.75) is 6.54 Å². The van der Waals surface area contributed by atoms with Crippen LogP contribution in [0.4, 0.5) is 5.69 Å². The fraction of sp³-hybridized carbons (Fsp3) is 0.143. The summed E-state index contributed by atoms with van der Waals surface area (Å²) in [7, 11) is 3.71. The molecule has 1 aliphatic rings. The number of carbonyl (C=O) groups excluding carboxylic acids is 1. The second kappa shape index (κ2) is 8.10. The van der Waals surface area contributed by atoms with Crippen LogP contribution < -0.4 is 5.32 Å². The van der Waals surface area contributed by atoms with Crippen LogP contribution in [0.3, 0.4) is 0 Å². The van der Waals surface area contributed by atoms with Crippen LogP contribution in [0, 0.1) is 11.3 Å². The van der Waals surface area contributed by atoms with Crippen molar-refractivity contribution in [2.75, 3.05) is 18.9 Å². The number of aryl methyl sites for hydroxylation is 1. The first-order chi connectivity index (χ1) is 17.5. The molecule has 1 aliphatic heterocycles. The summed E-state index contributed by atoms with van der Waals surface area (Å²) in [6.07, 6.45) is 5.66. The van der Waals surface area contributed by atoms with E-state index in [1.54, 1.807) is 15.8 Å². The molecule has 2 aromatic carbocycles. The molecule has 36 heavy (non-hydrogen) atoms. The molecule has 4 heterocycles. The zero-order valence-electron chi connectivity index (χ0n) is 20.0. The molecule has 0 saturated carbocycles. The molecule has 6 rings (SSSR count). The van der Waals surface area contributed by atoms with E-state index in [0.29, 0.717) is 17.7 Å². The molecule has 0 aliphatic carbocycles. The average Bonchev–Trinajstić information content (AvgIpc) is 3.58. The quantitative estimate of drug-likeness (QED) is 0.355. The Morgan fingerprint density at radius 1 is 1.22 bits per heavy atom. The minimum absolute atomic E-state index is 0.0937. The fourth-order valence-corrected chi connectivity index (χ4v) is 5.13. The maximum absolute atomic E-state index is 13.3. The van der Waals surface area contributed by atoms with E-state index < -0.39 is 0 Å². The van der Waals surface area contributed by atoms with Crippen molar-refractivity contribution in [2.24, 2.45) is 7.05 Å². The van der Waals surface area contributed by atoms with Gasteiger partial charge in [0.2, 0.25) is 0 Å². The second-order valence-corrected chi connectivity index (χ2v) is 9.01. The summed E-state index contributed by atoms with van der Waals surface area (Å²) in [5.41, 5.74) is 8.62. The lowest BCUT2D eigenvalue weighted by Crippen LogP contribution is -2.26. The van der Waals surface area contributed by atoms with Crippen molar-refractivity contribution in [1.29, 1.82) is 5.26 Å². The van der Waals surface area contributed by atoms with Gasteiger partial charge in [0.25, 0.3) is 5.91 Å². The maximum atomic E-state index is 13.3. The molecule has 8 nitrogen and oxygen atoms in total. The standard InChI is InChI=1S/C28H23N7O/c1-16(11-29)13-35-15-22-19(5-7-24(30-2)26(22)28(35)36)17-4-6-23-21(10-17)25-20(8-9-31-27(25)33-23)18-12-32-34(3)14-18/h4-10,12,14,30H,1,13,15H2,2-3H3,(H,31,33). The Labute approximate surface area is 207 Å². The van der Waals surface area contributed by atoms with Crippen LogP contribution in [0.1, 0.15) is 15.9 Å². The molecule has 1 amide bonds. The molecule has 0 saturated heterocycles. The molecule has 0 bridgehead atoms. The Kier molecular flexibility index (Phi) is 4.86. The first-order valence-corrected chi connectivity index (χ1v) is 11.6. The highest BCUT2D eigenvalue weighted by molar-refractivity contribution is 6.14. The van der Waals surface area contributed by atoms with Gasteiger partial charge in [-0.3, -0.25) is 9.48 Å². The summed E-state index contributed by atoms with van der Waals surface area (Å²) in [4.78, 5) is 23.0. The monoisotopic (exact) mass is 473 g/mol. The number of nitrogens with zero attached hydrogens (tertiary/aromatic N) is 5. The fourth-order valence-electron chi connectivity index (χ4n) is 5.13. The summed E-state index contributed by atoms with van der Waals surface area (Å²) in [5.74, 6) is -0.0937. The van der Waals surface area contributed by atoms with E-state index in [1.165, 1.54) is 0 Å². The lowest BCUT2D eigenvalue weighted by molar-refractivity contribution is 0.0794. The largest absolute Gasteiger partial charge is 0.387 e. The Bertz CT molecular complexity index is 1750. The normalized spacial score (nSPS) is 12.8. The molecular weight excluding hydrogens is 450 g/mol. The van der Waals surface area contributed by atoms with Crippen LogP contribution in [0.25, 0.3) is 44.2 Å². The Balaban J connectivity index is 1.53. The minimum atomic E-state index is -0.0937. The van der Waals surface area contributed by atoms with Crippen LogP contribution >= 0.6 is 0 Å². The third kappa shape index (κ3) is 3.25. The smallest absolute Gasteiger partial charge is 0.256 e. The van der Waals surface area contributed by atoms with Crippen molar-refractivity contribution >= 4 is 33.5 Å². The van der Waals surface area contributed by atoms with Gasteiger partial charge >= 0.3 is 0 Å². The van der Waals surface area contributed by atoms with Gasteiger partial charge in [0.05, 0.1) is 24.4 Å². The van der Waals surface area contributed by atoms with Crippen molar-refractivity contribution in [3.8, 4) is 28.3 Å². The number of carbonyl (C=O) groups is 1. The molecule has 5 aromatic rings. The molecule has 0 fully saturated rings. The van der Waals surface area contributed by atoms with E-state index in [-0.39, 0.29) is 12.5 Å². The average molecular weight is 474 g/mol. The number of aromatic amines is 1. The maximum Gasteiger partial charge on any atom is 0.256 e. The van der Waals surface area contributed by atoms with E-state index in [4.69, 9.17) is 0 Å². The van der Waals surface area contributed by atoms with Gasteiger partial charge in [-0.25, -0.2) is 4.98 Å². The van der Waals surface area contributed by atoms with E-state index in [0.717, 1.165) is 55.4 Å². The Morgan fingerprint density at radius 3 is 2.83 bits per heavy atom. The summed E-state index contributed by atoms with van der Waals surface area (Å²) in [5, 5.41) is 18.8. The van der Waals surface area contributed by atoms with Crippen molar-refractivity contribution < 1.29 is 4.79 Å². The lowest BCUT2D eigenvalue weighted by atomic mass is 9.94. The second-order valence-electron chi connectivity index (χ2n) is 9.01. The molecule has 2 N–H and O–H groups in total. The van der Waals surface area contributed by atoms with Crippen LogP contribution in [-0.4, -0.2) is 44.1 Å². The van der Waals surface area contributed by atoms with Crippen molar-refractivity contribution in [1.82, 2.24) is 24.6 Å². The topological polar surface area (TPSA) is 103 Å². The molecule has 0 radical (unpaired) electrons. The van der Waals surface area contributed by atoms with Crippen LogP contribution in [-0.2, 0) is 13.6 Å². The molecule has 176 valence electrons. The highest BCUT2D eigenvalue weighted by Crippen LogP contribution is 2.40. The highest BCUT2D eigenvalue weighted by atomic mass is 16.2. The van der Waals surface area contributed by atoms with E-state index in [1.807, 2.05) is 44.7 Å². The lowest BCUT2D eigenvalue weighted by Gasteiger charge is -2.14. The van der Waals surface area contributed by atoms with Gasteiger partial charge < -0.3 is 15.2 Å². The van der Waals surface area contributed by atoms with Crippen LogP contribution in [0.15, 0.2) is 67.1 Å². The Hall–Kier alpha value is -4.90. The van der Waals surface area contributed by atoms with Crippen LogP contribution in [0.5, 0.6) is 0 Å². The molecule has 8 heteroatoms. The molecular formula is C28H23N7O. The minimum Gasteiger partial charge on any atom is -0.387 e. The number of benzene rings is 2. The summed E-state index contributed by atoms with van der Waals surface area (Å²) < 4.78 is 1.79. The third-order valence-corrected chi connectivity index (χ3v) is 6.79. The summed E-state index contributed by atoms with van der Waals surface area (Å²) >= 11 is 0. The number of nitrogens with one attached hydrogen (secondary N) is 2. The molecule has 3 aromatic heterocycles. The first kappa shape index (κ1) is 21.6. The number of aromatic nitrogens is 4. The SMILES string of the molecule is C=C(C#N)CN1Cc2c(-c3ccc4[nH]c5nccc(-c6cnn(C)c6)c5c4c3)ccc(NC)c2C1=O. The number of hydrogen-bond donors (Lipinski definition) is 2. The van der Waals surface area contributed by atoms with Crippen LogP contribution in [0.2, 0.25) is 0 Å². The number of fused-ring (bicyclic) bond motifs is 4. The number of H-pyrrole nitrogens is 1. The predicted molar refractivity (Wildman–Crippen MR) is 140 cm³/mol. The van der Waals surface area contributed by atoms with E-state index >= 15 is 0 Å². The number of amides is 1. The number of anilines is 1. The first-order valence-electron chi connectivity index (χ1n) is 11.6. The van der Waals surface area contributed by atoms with Crippen molar-refractivity contribution in [3.05, 3.63) is 78.3 Å². The van der Waals surface area contributed by atoms with Gasteiger partial charge in [-0.15, -0.1) is 0 Å². The number of hydrogen-bond acceptors (Lipinski definition) is 5. The van der Waals surface area contributed by atoms with Gasteiger partial charge in [-0.2, -0.15) is 10.4 Å². The number of pyridine rings is 1. The molecule has 0 atom stereocenters. The number of nitriles is 1.